The Morgan fingerprint density at radius 1 is 1.41 bits per heavy atom. The molecule has 22 heavy (non-hydrogen) atoms. The first kappa shape index (κ1) is 14.2. The summed E-state index contributed by atoms with van der Waals surface area (Å²) in [6.45, 7) is 2.16. The van der Waals surface area contributed by atoms with Gasteiger partial charge in [-0.25, -0.2) is 4.98 Å². The summed E-state index contributed by atoms with van der Waals surface area (Å²) in [4.78, 5) is 22.7. The number of aromatic nitrogens is 4. The molecule has 3 aromatic rings. The van der Waals surface area contributed by atoms with Gasteiger partial charge < -0.3 is 10.3 Å². The average molecular weight is 320 g/mol. The number of aryl methyl sites for hydroxylation is 1. The van der Waals surface area contributed by atoms with Gasteiger partial charge in [0.2, 0.25) is 5.95 Å². The highest BCUT2D eigenvalue weighted by Crippen LogP contribution is 2.21. The van der Waals surface area contributed by atoms with Crippen LogP contribution in [0.4, 0.5) is 11.6 Å². The van der Waals surface area contributed by atoms with Crippen LogP contribution in [0.1, 0.15) is 11.1 Å². The molecule has 2 heterocycles. The van der Waals surface area contributed by atoms with Gasteiger partial charge in [0.05, 0.1) is 17.8 Å². The maximum Gasteiger partial charge on any atom is 0.351 e. The number of nitro groups is 1. The van der Waals surface area contributed by atoms with Crippen molar-refractivity contribution in [3.63, 3.8) is 0 Å². The second kappa shape index (κ2) is 5.23. The summed E-state index contributed by atoms with van der Waals surface area (Å²) in [5, 5.41) is 11.2. The van der Waals surface area contributed by atoms with E-state index in [-0.39, 0.29) is 11.6 Å². The Kier molecular flexibility index (Phi) is 3.38. The minimum atomic E-state index is -0.400. The van der Waals surface area contributed by atoms with Crippen molar-refractivity contribution in [1.29, 1.82) is 0 Å². The Bertz CT molecular complexity index is 892. The third-order valence-electron chi connectivity index (χ3n) is 3.26. The molecule has 0 unspecified atom stereocenters. The van der Waals surface area contributed by atoms with Crippen molar-refractivity contribution in [1.82, 2.24) is 19.5 Å². The normalized spacial score (nSPS) is 11.0. The smallest absolute Gasteiger partial charge is 0.351 e. The van der Waals surface area contributed by atoms with E-state index in [9.17, 15) is 10.1 Å². The summed E-state index contributed by atoms with van der Waals surface area (Å²) in [5.41, 5.74) is 8.28. The number of nitrogen functional groups attached to an aromatic ring is 1. The van der Waals surface area contributed by atoms with Crippen LogP contribution in [-0.2, 0) is 6.54 Å². The lowest BCUT2D eigenvalue weighted by Crippen LogP contribution is -2.03. The molecule has 0 amide bonds. The summed E-state index contributed by atoms with van der Waals surface area (Å²) in [7, 11) is 0. The Morgan fingerprint density at radius 3 is 2.86 bits per heavy atom. The number of imidazole rings is 1. The van der Waals surface area contributed by atoms with Gasteiger partial charge in [-0.3, -0.25) is 10.1 Å². The molecule has 2 N–H and O–H groups in total. The lowest BCUT2D eigenvalue weighted by atomic mass is 10.1. The zero-order valence-electron chi connectivity index (χ0n) is 11.6. The highest BCUT2D eigenvalue weighted by atomic mass is 35.5. The molecule has 0 atom stereocenters. The van der Waals surface area contributed by atoms with Crippen LogP contribution in [0.25, 0.3) is 11.2 Å². The van der Waals surface area contributed by atoms with Crippen LogP contribution in [0.5, 0.6) is 0 Å². The van der Waals surface area contributed by atoms with Crippen LogP contribution in [0, 0.1) is 28.6 Å². The topological polar surface area (TPSA) is 113 Å². The van der Waals surface area contributed by atoms with Gasteiger partial charge in [0.25, 0.3) is 5.69 Å². The number of anilines is 1. The Morgan fingerprint density at radius 2 is 2.18 bits per heavy atom. The quantitative estimate of drug-likeness (QED) is 0.443. The first-order chi connectivity index (χ1) is 10.5. The first-order valence-electron chi connectivity index (χ1n) is 6.35. The summed E-state index contributed by atoms with van der Waals surface area (Å²) < 4.78 is 1.78. The van der Waals surface area contributed by atoms with Gasteiger partial charge in [0.15, 0.2) is 22.8 Å². The van der Waals surface area contributed by atoms with Crippen molar-refractivity contribution >= 4 is 22.8 Å². The molecule has 3 rings (SSSR count). The van der Waals surface area contributed by atoms with Crippen LogP contribution in [0.3, 0.4) is 0 Å². The van der Waals surface area contributed by atoms with Crippen molar-refractivity contribution in [3.8, 4) is 0 Å². The van der Waals surface area contributed by atoms with Crippen LogP contribution in [0.15, 0.2) is 24.5 Å². The van der Waals surface area contributed by atoms with Crippen molar-refractivity contribution < 1.29 is 16.5 Å². The number of nitro benzene ring substituents is 1. The van der Waals surface area contributed by atoms with E-state index in [1.54, 1.807) is 30.0 Å². The van der Waals surface area contributed by atoms with Gasteiger partial charge in [-0.05, 0) is 18.6 Å². The number of nitrogens with zero attached hydrogens (tertiary/aromatic N) is 5. The maximum atomic E-state index is 10.8. The van der Waals surface area contributed by atoms with Gasteiger partial charge in [0, 0.05) is 11.6 Å². The van der Waals surface area contributed by atoms with Crippen LogP contribution < -0.4 is 5.73 Å². The average Bonchev–Trinajstić information content (AvgIpc) is 2.82. The number of rotatable bonds is 3. The predicted octanol–water partition coefficient (Wildman–Crippen LogP) is 1.37. The van der Waals surface area contributed by atoms with Gasteiger partial charge in [0.1, 0.15) is 0 Å². The lowest BCUT2D eigenvalue weighted by molar-refractivity contribution is -0.385. The fourth-order valence-electron chi connectivity index (χ4n) is 2.27. The Labute approximate surface area is 129 Å². The summed E-state index contributed by atoms with van der Waals surface area (Å²) >= 11 is 5.10. The SMILES string of the molecule is Cc1cc(Cn2cnc3c([ClH+])nc(N)nc32)ccc1[N+](=O)[O-]. The molecule has 112 valence electrons. The largest absolute Gasteiger partial charge is 0.368 e. The molecular weight excluding hydrogens is 308 g/mol. The van der Waals surface area contributed by atoms with Gasteiger partial charge in [-0.2, -0.15) is 9.97 Å². The minimum absolute atomic E-state index is 0.0960. The fraction of sp³-hybridized carbons (Fsp3) is 0.154. The standard InChI is InChI=1S/C13H12ClN6O2/c1-7-4-8(2-3-9(7)20(21)22)5-19-6-16-10-11(14)17-13(15)18-12(10)19/h2-4,6,14H,5H2,1H3,(H2,15,17,18)/q+1. The molecule has 0 fully saturated rings. The monoisotopic (exact) mass is 319 g/mol. The molecular formula is C13H12ClN6O2+. The molecule has 9 heteroatoms. The van der Waals surface area contributed by atoms with Crippen LogP contribution in [-0.4, -0.2) is 24.4 Å². The van der Waals surface area contributed by atoms with E-state index < -0.39 is 4.92 Å². The molecule has 2 aromatic heterocycles. The molecule has 0 bridgehead atoms. The fourth-order valence-corrected chi connectivity index (χ4v) is 2.51. The molecule has 1 aromatic carbocycles. The van der Waals surface area contributed by atoms with E-state index in [1.807, 2.05) is 0 Å². The summed E-state index contributed by atoms with van der Waals surface area (Å²) in [6, 6.07) is 4.96. The summed E-state index contributed by atoms with van der Waals surface area (Å²) in [6.07, 6.45) is 1.60. The Hall–Kier alpha value is -2.74. The van der Waals surface area contributed by atoms with E-state index >= 15 is 0 Å². The Balaban J connectivity index is 2.00. The lowest BCUT2D eigenvalue weighted by Gasteiger charge is -2.05. The van der Waals surface area contributed by atoms with E-state index in [2.05, 4.69) is 15.0 Å². The van der Waals surface area contributed by atoms with Crippen LogP contribution in [0.2, 0.25) is 5.15 Å². The zero-order valence-corrected chi connectivity index (χ0v) is 12.4. The second-order valence-electron chi connectivity index (χ2n) is 4.81. The van der Waals surface area contributed by atoms with Crippen molar-refractivity contribution in [2.45, 2.75) is 13.5 Å². The van der Waals surface area contributed by atoms with E-state index in [0.29, 0.717) is 28.4 Å². The zero-order chi connectivity index (χ0) is 15.9. The van der Waals surface area contributed by atoms with Gasteiger partial charge >= 0.3 is 5.15 Å². The molecule has 0 aliphatic heterocycles. The number of nitrogens with two attached hydrogens (primary N) is 1. The molecule has 0 radical (unpaired) electrons. The first-order valence-corrected chi connectivity index (χ1v) is 6.76. The van der Waals surface area contributed by atoms with Crippen LogP contribution >= 0.6 is 0 Å². The van der Waals surface area contributed by atoms with Gasteiger partial charge in [-0.15, -0.1) is 0 Å². The predicted molar refractivity (Wildman–Crippen MR) is 77.2 cm³/mol. The summed E-state index contributed by atoms with van der Waals surface area (Å²) in [5.74, 6) is 0.0964. The van der Waals surface area contributed by atoms with Crippen molar-refractivity contribution in [3.05, 3.63) is 50.9 Å². The van der Waals surface area contributed by atoms with Crippen molar-refractivity contribution in [2.24, 2.45) is 0 Å². The molecule has 0 saturated carbocycles. The van der Waals surface area contributed by atoms with E-state index in [0.717, 1.165) is 5.56 Å². The van der Waals surface area contributed by atoms with Crippen molar-refractivity contribution in [2.75, 3.05) is 5.73 Å². The minimum Gasteiger partial charge on any atom is -0.368 e. The molecule has 0 saturated heterocycles. The number of halogens is 1. The maximum absolute atomic E-state index is 10.8. The molecule has 8 nitrogen and oxygen atoms in total. The number of hydrogen-bond donors (Lipinski definition) is 1. The number of fused-ring (bicyclic) bond motifs is 1. The molecule has 0 aliphatic rings. The second-order valence-corrected chi connectivity index (χ2v) is 5.20. The molecule has 0 spiro atoms. The van der Waals surface area contributed by atoms with Gasteiger partial charge in [-0.1, -0.05) is 6.07 Å². The molecule has 0 aliphatic carbocycles. The highest BCUT2D eigenvalue weighted by molar-refractivity contribution is 5.73. The third-order valence-corrected chi connectivity index (χ3v) is 3.54. The highest BCUT2D eigenvalue weighted by Gasteiger charge is 2.16. The number of hydrogen-bond acceptors (Lipinski definition) is 6. The van der Waals surface area contributed by atoms with E-state index in [4.69, 9.17) is 17.3 Å². The van der Waals surface area contributed by atoms with E-state index in [1.165, 1.54) is 6.07 Å². The number of benzene rings is 1. The third kappa shape index (κ3) is 2.44.